The predicted molar refractivity (Wildman–Crippen MR) is 140 cm³/mol. The molecule has 0 radical (unpaired) electrons. The van der Waals surface area contributed by atoms with Crippen molar-refractivity contribution >= 4 is 33.2 Å². The van der Waals surface area contributed by atoms with Crippen molar-refractivity contribution < 1.29 is 27.4 Å². The standard InChI is InChI=1S/C26H29ClN2O6S/c1-18-13-19(2)15-20(14-18)29(36(31,32)21-9-10-24(33-3)25(16-21)34-4)17-26(30)28-11-12-35-23-8-6-5-7-22(23)27/h5-10,13-16H,11-12,17H2,1-4H3,(H,28,30). The van der Waals surface area contributed by atoms with Crippen molar-refractivity contribution in [1.82, 2.24) is 5.32 Å². The lowest BCUT2D eigenvalue weighted by molar-refractivity contribution is -0.119. The van der Waals surface area contributed by atoms with E-state index in [0.29, 0.717) is 22.2 Å². The van der Waals surface area contributed by atoms with E-state index in [4.69, 9.17) is 25.8 Å². The number of hydrogen-bond donors (Lipinski definition) is 1. The molecule has 0 spiro atoms. The number of methoxy groups -OCH3 is 2. The van der Waals surface area contributed by atoms with Crippen molar-refractivity contribution in [2.45, 2.75) is 18.7 Å². The lowest BCUT2D eigenvalue weighted by Crippen LogP contribution is -2.42. The molecule has 0 saturated carbocycles. The molecule has 36 heavy (non-hydrogen) atoms. The van der Waals surface area contributed by atoms with Gasteiger partial charge in [0.15, 0.2) is 11.5 Å². The number of anilines is 1. The lowest BCUT2D eigenvalue weighted by Gasteiger charge is -2.25. The first-order valence-corrected chi connectivity index (χ1v) is 12.9. The Bertz CT molecular complexity index is 1310. The molecule has 3 aromatic carbocycles. The number of hydrogen-bond acceptors (Lipinski definition) is 6. The summed E-state index contributed by atoms with van der Waals surface area (Å²) in [6, 6.07) is 16.7. The summed E-state index contributed by atoms with van der Waals surface area (Å²) in [6.45, 7) is 3.64. The number of benzene rings is 3. The van der Waals surface area contributed by atoms with E-state index in [9.17, 15) is 13.2 Å². The minimum Gasteiger partial charge on any atom is -0.493 e. The van der Waals surface area contributed by atoms with Gasteiger partial charge in [-0.15, -0.1) is 0 Å². The van der Waals surface area contributed by atoms with Crippen LogP contribution in [0.5, 0.6) is 17.2 Å². The van der Waals surface area contributed by atoms with Gasteiger partial charge >= 0.3 is 0 Å². The molecule has 3 rings (SSSR count). The molecule has 8 nitrogen and oxygen atoms in total. The van der Waals surface area contributed by atoms with E-state index >= 15 is 0 Å². The molecule has 0 aliphatic heterocycles. The summed E-state index contributed by atoms with van der Waals surface area (Å²) in [5.74, 6) is 0.674. The van der Waals surface area contributed by atoms with E-state index < -0.39 is 22.5 Å². The highest BCUT2D eigenvalue weighted by Gasteiger charge is 2.28. The molecule has 0 aliphatic rings. The second-order valence-electron chi connectivity index (χ2n) is 8.00. The normalized spacial score (nSPS) is 11.0. The van der Waals surface area contributed by atoms with E-state index in [1.165, 1.54) is 32.4 Å². The van der Waals surface area contributed by atoms with Gasteiger partial charge in [-0.05, 0) is 61.4 Å². The third-order valence-electron chi connectivity index (χ3n) is 5.24. The zero-order valence-electron chi connectivity index (χ0n) is 20.6. The highest BCUT2D eigenvalue weighted by molar-refractivity contribution is 7.92. The first kappa shape index (κ1) is 27.2. The summed E-state index contributed by atoms with van der Waals surface area (Å²) in [6.07, 6.45) is 0. The van der Waals surface area contributed by atoms with E-state index in [1.807, 2.05) is 19.9 Å². The zero-order chi connectivity index (χ0) is 26.3. The molecule has 0 heterocycles. The maximum Gasteiger partial charge on any atom is 0.264 e. The number of halogens is 1. The molecule has 1 N–H and O–H groups in total. The first-order valence-electron chi connectivity index (χ1n) is 11.1. The number of rotatable bonds is 11. The van der Waals surface area contributed by atoms with Crippen molar-refractivity contribution in [3.05, 3.63) is 76.8 Å². The van der Waals surface area contributed by atoms with Crippen LogP contribution in [-0.4, -0.2) is 48.2 Å². The topological polar surface area (TPSA) is 94.2 Å². The average molecular weight is 533 g/mol. The fourth-order valence-corrected chi connectivity index (χ4v) is 5.22. The molecule has 0 aromatic heterocycles. The fraction of sp³-hybridized carbons (Fsp3) is 0.269. The maximum atomic E-state index is 13.7. The van der Waals surface area contributed by atoms with E-state index in [1.54, 1.807) is 36.4 Å². The zero-order valence-corrected chi connectivity index (χ0v) is 22.2. The van der Waals surface area contributed by atoms with Crippen molar-refractivity contribution in [3.63, 3.8) is 0 Å². The molecule has 0 fully saturated rings. The number of amides is 1. The van der Waals surface area contributed by atoms with E-state index in [0.717, 1.165) is 15.4 Å². The summed E-state index contributed by atoms with van der Waals surface area (Å²) in [7, 11) is -1.24. The molecule has 3 aromatic rings. The molecule has 10 heteroatoms. The van der Waals surface area contributed by atoms with Gasteiger partial charge in [0, 0.05) is 6.07 Å². The Kier molecular flexibility index (Phi) is 9.06. The Balaban J connectivity index is 1.82. The van der Waals surface area contributed by atoms with Crippen LogP contribution in [0.15, 0.2) is 65.6 Å². The SMILES string of the molecule is COc1ccc(S(=O)(=O)N(CC(=O)NCCOc2ccccc2Cl)c2cc(C)cc(C)c2)cc1OC. The molecular weight excluding hydrogens is 504 g/mol. The summed E-state index contributed by atoms with van der Waals surface area (Å²) in [5, 5.41) is 3.17. The molecule has 1 amide bonds. The number of sulfonamides is 1. The summed E-state index contributed by atoms with van der Waals surface area (Å²) in [4.78, 5) is 12.8. The monoisotopic (exact) mass is 532 g/mol. The molecule has 192 valence electrons. The minimum atomic E-state index is -4.13. The van der Waals surface area contributed by atoms with Crippen LogP contribution < -0.4 is 23.8 Å². The number of carbonyl (C=O) groups is 1. The molecule has 0 bridgehead atoms. The van der Waals surface area contributed by atoms with Gasteiger partial charge in [0.1, 0.15) is 18.9 Å². The molecule has 0 aliphatic carbocycles. The fourth-order valence-electron chi connectivity index (χ4n) is 3.61. The van der Waals surface area contributed by atoms with Crippen molar-refractivity contribution in [2.24, 2.45) is 0 Å². The smallest absolute Gasteiger partial charge is 0.264 e. The number of para-hydroxylation sites is 1. The van der Waals surface area contributed by atoms with Crippen molar-refractivity contribution in [2.75, 3.05) is 38.2 Å². The van der Waals surface area contributed by atoms with Crippen LogP contribution in [0.25, 0.3) is 0 Å². The van der Waals surface area contributed by atoms with Gasteiger partial charge in [-0.25, -0.2) is 8.42 Å². The second kappa shape index (κ2) is 12.0. The Hall–Kier alpha value is -3.43. The predicted octanol–water partition coefficient (Wildman–Crippen LogP) is 4.36. The minimum absolute atomic E-state index is 0.0332. The first-order chi connectivity index (χ1) is 17.1. The Labute approximate surface area is 216 Å². The Morgan fingerprint density at radius 3 is 2.22 bits per heavy atom. The van der Waals surface area contributed by atoms with Crippen molar-refractivity contribution in [3.8, 4) is 17.2 Å². The highest BCUT2D eigenvalue weighted by Crippen LogP contribution is 2.32. The number of nitrogens with zero attached hydrogens (tertiary/aromatic N) is 1. The summed E-state index contributed by atoms with van der Waals surface area (Å²) in [5.41, 5.74) is 2.11. The van der Waals surface area contributed by atoms with Gasteiger partial charge in [-0.2, -0.15) is 0 Å². The van der Waals surface area contributed by atoms with E-state index in [-0.39, 0.29) is 23.8 Å². The second-order valence-corrected chi connectivity index (χ2v) is 10.3. The Morgan fingerprint density at radius 2 is 1.58 bits per heavy atom. The summed E-state index contributed by atoms with van der Waals surface area (Å²) >= 11 is 6.07. The van der Waals surface area contributed by atoms with Crippen molar-refractivity contribution in [1.29, 1.82) is 0 Å². The van der Waals surface area contributed by atoms with Crippen LogP contribution in [-0.2, 0) is 14.8 Å². The summed E-state index contributed by atoms with van der Waals surface area (Å²) < 4.78 is 44.6. The number of aryl methyl sites for hydroxylation is 2. The Morgan fingerprint density at radius 1 is 0.917 bits per heavy atom. The largest absolute Gasteiger partial charge is 0.493 e. The van der Waals surface area contributed by atoms with Crippen LogP contribution in [0.3, 0.4) is 0 Å². The van der Waals surface area contributed by atoms with Crippen LogP contribution in [0.4, 0.5) is 5.69 Å². The highest BCUT2D eigenvalue weighted by atomic mass is 35.5. The lowest BCUT2D eigenvalue weighted by atomic mass is 10.1. The van der Waals surface area contributed by atoms with Gasteiger partial charge < -0.3 is 19.5 Å². The van der Waals surface area contributed by atoms with Crippen LogP contribution >= 0.6 is 11.6 Å². The number of carbonyl (C=O) groups excluding carboxylic acids is 1. The van der Waals surface area contributed by atoms with E-state index in [2.05, 4.69) is 5.32 Å². The number of nitrogens with one attached hydrogen (secondary N) is 1. The quantitative estimate of drug-likeness (QED) is 0.369. The third-order valence-corrected chi connectivity index (χ3v) is 7.33. The molecule has 0 unspecified atom stereocenters. The van der Waals surface area contributed by atoms with Gasteiger partial charge in [0.05, 0.1) is 36.4 Å². The third kappa shape index (κ3) is 6.61. The van der Waals surface area contributed by atoms with Gasteiger partial charge in [0.25, 0.3) is 10.0 Å². The van der Waals surface area contributed by atoms with Crippen LogP contribution in [0.1, 0.15) is 11.1 Å². The number of ether oxygens (including phenoxy) is 3. The molecule has 0 saturated heterocycles. The van der Waals surface area contributed by atoms with Gasteiger partial charge in [-0.1, -0.05) is 29.8 Å². The van der Waals surface area contributed by atoms with Gasteiger partial charge in [-0.3, -0.25) is 9.10 Å². The average Bonchev–Trinajstić information content (AvgIpc) is 2.85. The van der Waals surface area contributed by atoms with Crippen LogP contribution in [0, 0.1) is 13.8 Å². The van der Waals surface area contributed by atoms with Gasteiger partial charge in [0.2, 0.25) is 5.91 Å². The molecular formula is C26H29ClN2O6S. The van der Waals surface area contributed by atoms with Crippen LogP contribution in [0.2, 0.25) is 5.02 Å². The molecule has 0 atom stereocenters. The maximum absolute atomic E-state index is 13.7.